The van der Waals surface area contributed by atoms with Gasteiger partial charge in [-0.15, -0.1) is 0 Å². The zero-order chi connectivity index (χ0) is 32.0. The molecule has 11 nitrogen and oxygen atoms in total. The van der Waals surface area contributed by atoms with Crippen LogP contribution in [0.5, 0.6) is 11.5 Å². The molecule has 0 bridgehead atoms. The second kappa shape index (κ2) is 13.9. The number of rotatable bonds is 12. The molecule has 1 aliphatic rings. The van der Waals surface area contributed by atoms with Crippen molar-refractivity contribution in [2.24, 2.45) is 0 Å². The molecule has 11 heteroatoms. The predicted molar refractivity (Wildman–Crippen MR) is 164 cm³/mol. The van der Waals surface area contributed by atoms with Gasteiger partial charge in [-0.1, -0.05) is 54.6 Å². The summed E-state index contributed by atoms with van der Waals surface area (Å²) in [6, 6.07) is 24.8. The molecular weight excluding hydrogens is 580 g/mol. The highest BCUT2D eigenvalue weighted by Crippen LogP contribution is 2.43. The van der Waals surface area contributed by atoms with Crippen molar-refractivity contribution in [1.29, 1.82) is 0 Å². The van der Waals surface area contributed by atoms with Gasteiger partial charge in [0.1, 0.15) is 29.7 Å². The number of nitrogens with one attached hydrogen (secondary N) is 1. The maximum Gasteiger partial charge on any atom is 0.328 e. The molecule has 1 saturated heterocycles. The summed E-state index contributed by atoms with van der Waals surface area (Å²) in [7, 11) is 3.20. The minimum absolute atomic E-state index is 0.0506. The molecule has 0 aliphatic carbocycles. The Bertz CT molecular complexity index is 1650. The summed E-state index contributed by atoms with van der Waals surface area (Å²) in [5.74, 6) is 0.746. The summed E-state index contributed by atoms with van der Waals surface area (Å²) < 4.78 is 29.9. The summed E-state index contributed by atoms with van der Waals surface area (Å²) in [5, 5.41) is 11.1. The smallest absolute Gasteiger partial charge is 0.328 e. The van der Waals surface area contributed by atoms with Crippen molar-refractivity contribution in [3.05, 3.63) is 128 Å². The van der Waals surface area contributed by atoms with E-state index in [1.165, 1.54) is 6.20 Å². The number of esters is 1. The number of H-pyrrole nitrogens is 1. The van der Waals surface area contributed by atoms with Gasteiger partial charge < -0.3 is 28.8 Å². The number of ether oxygens (including phenoxy) is 5. The zero-order valence-electron chi connectivity index (χ0n) is 25.3. The molecule has 45 heavy (non-hydrogen) atoms. The number of carbonyl (C=O) groups excluding carboxylic acids is 1. The number of hydrogen-bond acceptors (Lipinski definition) is 9. The van der Waals surface area contributed by atoms with Crippen LogP contribution in [-0.4, -0.2) is 60.3 Å². The van der Waals surface area contributed by atoms with Crippen LogP contribution < -0.4 is 20.7 Å². The third-order valence-corrected chi connectivity index (χ3v) is 7.85. The number of hydrogen-bond donors (Lipinski definition) is 2. The fraction of sp³-hybridized carbons (Fsp3) is 0.324. The maximum absolute atomic E-state index is 12.8. The van der Waals surface area contributed by atoms with Gasteiger partial charge in [0.05, 0.1) is 45.2 Å². The van der Waals surface area contributed by atoms with E-state index in [-0.39, 0.29) is 31.7 Å². The van der Waals surface area contributed by atoms with Gasteiger partial charge in [0, 0.05) is 12.6 Å². The van der Waals surface area contributed by atoms with Crippen molar-refractivity contribution in [3.8, 4) is 11.5 Å². The first-order valence-corrected chi connectivity index (χ1v) is 14.6. The Morgan fingerprint density at radius 3 is 2.07 bits per heavy atom. The van der Waals surface area contributed by atoms with E-state index >= 15 is 0 Å². The molecule has 0 radical (unpaired) electrons. The highest BCUT2D eigenvalue weighted by molar-refractivity contribution is 5.69. The van der Waals surface area contributed by atoms with Gasteiger partial charge in [-0.25, -0.2) is 4.79 Å². The molecule has 1 aliphatic heterocycles. The molecule has 2 N–H and O–H groups in total. The standard InChI is InChI=1S/C34H36N2O9/c1-4-43-31(38)20-36-19-27(32(39)35-33(36)40)29-18-28(37)30(45-29)21-44-34(22-8-6-5-7-9-22,23-10-14-25(41-2)15-11-23)24-12-16-26(42-3)17-13-24/h5-17,19,28-30,37H,4,18,20-21H2,1-3H3,(H,35,39,40)/t28-,29+,30+/m0/s1. The van der Waals surface area contributed by atoms with Gasteiger partial charge in [0.2, 0.25) is 0 Å². The number of aliphatic hydroxyl groups excluding tert-OH is 1. The van der Waals surface area contributed by atoms with Crippen molar-refractivity contribution in [1.82, 2.24) is 9.55 Å². The number of methoxy groups -OCH3 is 2. The Kier molecular flexibility index (Phi) is 9.82. The quantitative estimate of drug-likeness (QED) is 0.181. The van der Waals surface area contributed by atoms with Gasteiger partial charge in [-0.05, 0) is 47.9 Å². The molecule has 4 aromatic rings. The monoisotopic (exact) mass is 616 g/mol. The van der Waals surface area contributed by atoms with Crippen LogP contribution in [-0.2, 0) is 31.2 Å². The van der Waals surface area contributed by atoms with E-state index in [0.717, 1.165) is 21.3 Å². The van der Waals surface area contributed by atoms with E-state index in [2.05, 4.69) is 4.98 Å². The van der Waals surface area contributed by atoms with Crippen LogP contribution in [0.25, 0.3) is 0 Å². The van der Waals surface area contributed by atoms with Crippen LogP contribution >= 0.6 is 0 Å². The van der Waals surface area contributed by atoms with Crippen LogP contribution in [0.4, 0.5) is 0 Å². The van der Waals surface area contributed by atoms with Crippen molar-refractivity contribution in [3.63, 3.8) is 0 Å². The first kappa shape index (κ1) is 31.7. The van der Waals surface area contributed by atoms with E-state index in [4.69, 9.17) is 23.7 Å². The molecule has 3 aromatic carbocycles. The van der Waals surface area contributed by atoms with E-state index in [9.17, 15) is 19.5 Å². The minimum Gasteiger partial charge on any atom is -0.497 e. The maximum atomic E-state index is 12.8. The summed E-state index contributed by atoms with van der Waals surface area (Å²) in [6.45, 7) is 1.39. The van der Waals surface area contributed by atoms with Gasteiger partial charge in [0.15, 0.2) is 0 Å². The van der Waals surface area contributed by atoms with Gasteiger partial charge in [-0.2, -0.15) is 0 Å². The molecule has 5 rings (SSSR count). The summed E-state index contributed by atoms with van der Waals surface area (Å²) in [4.78, 5) is 39.4. The molecule has 2 heterocycles. The second-order valence-electron chi connectivity index (χ2n) is 10.6. The first-order chi connectivity index (χ1) is 21.8. The molecule has 0 spiro atoms. The highest BCUT2D eigenvalue weighted by Gasteiger charge is 2.42. The fourth-order valence-electron chi connectivity index (χ4n) is 5.58. The van der Waals surface area contributed by atoms with Gasteiger partial charge >= 0.3 is 11.7 Å². The lowest BCUT2D eigenvalue weighted by Crippen LogP contribution is -2.38. The van der Waals surface area contributed by atoms with Crippen molar-refractivity contribution < 1.29 is 33.6 Å². The van der Waals surface area contributed by atoms with E-state index < -0.39 is 41.1 Å². The van der Waals surface area contributed by atoms with E-state index in [1.54, 1.807) is 21.1 Å². The number of aliphatic hydroxyl groups is 1. The Morgan fingerprint density at radius 2 is 1.51 bits per heavy atom. The molecular formula is C34H36N2O9. The van der Waals surface area contributed by atoms with Gasteiger partial charge in [-0.3, -0.25) is 19.1 Å². The second-order valence-corrected chi connectivity index (χ2v) is 10.6. The third kappa shape index (κ3) is 6.70. The number of carbonyl (C=O) groups is 1. The average Bonchev–Trinajstić information content (AvgIpc) is 3.43. The lowest BCUT2D eigenvalue weighted by Gasteiger charge is -2.37. The van der Waals surface area contributed by atoms with Crippen molar-refractivity contribution in [2.75, 3.05) is 27.4 Å². The van der Waals surface area contributed by atoms with Crippen molar-refractivity contribution >= 4 is 5.97 Å². The number of nitrogens with zero attached hydrogens (tertiary/aromatic N) is 1. The molecule has 0 unspecified atom stereocenters. The topological polar surface area (TPSA) is 138 Å². The molecule has 236 valence electrons. The Morgan fingerprint density at radius 1 is 0.933 bits per heavy atom. The summed E-state index contributed by atoms with van der Waals surface area (Å²) in [5.41, 5.74) is 0.0332. The fourth-order valence-corrected chi connectivity index (χ4v) is 5.58. The number of aromatic amines is 1. The third-order valence-electron chi connectivity index (χ3n) is 7.85. The van der Waals surface area contributed by atoms with Crippen molar-refractivity contribution in [2.45, 2.75) is 43.8 Å². The lowest BCUT2D eigenvalue weighted by molar-refractivity contribution is -0.143. The van der Waals surface area contributed by atoms with Crippen LogP contribution in [0, 0.1) is 0 Å². The minimum atomic E-state index is -1.13. The Balaban J connectivity index is 1.49. The molecule has 3 atom stereocenters. The Labute approximate surface area is 259 Å². The SMILES string of the molecule is CCOC(=O)Cn1cc([C@H]2C[C@H](O)[C@@H](COC(c3ccccc3)(c3ccc(OC)cc3)c3ccc(OC)cc3)O2)c(=O)[nH]c1=O. The zero-order valence-corrected chi connectivity index (χ0v) is 25.3. The van der Waals surface area contributed by atoms with Gasteiger partial charge in [0.25, 0.3) is 5.56 Å². The number of aromatic nitrogens is 2. The van der Waals surface area contributed by atoms with Crippen LogP contribution in [0.2, 0.25) is 0 Å². The van der Waals surface area contributed by atoms with E-state index in [0.29, 0.717) is 11.5 Å². The molecule has 1 aromatic heterocycles. The van der Waals surface area contributed by atoms with Crippen LogP contribution in [0.3, 0.4) is 0 Å². The number of benzene rings is 3. The molecule has 0 amide bonds. The van der Waals surface area contributed by atoms with Crippen LogP contribution in [0.1, 0.15) is 41.7 Å². The largest absolute Gasteiger partial charge is 0.497 e. The predicted octanol–water partition coefficient (Wildman–Crippen LogP) is 3.32. The summed E-state index contributed by atoms with van der Waals surface area (Å²) >= 11 is 0. The van der Waals surface area contributed by atoms with E-state index in [1.807, 2.05) is 78.9 Å². The average molecular weight is 617 g/mol. The Hall–Kier alpha value is -4.71. The first-order valence-electron chi connectivity index (χ1n) is 14.6. The summed E-state index contributed by atoms with van der Waals surface area (Å²) in [6.07, 6.45) is -1.29. The van der Waals surface area contributed by atoms with Crippen LogP contribution in [0.15, 0.2) is 94.6 Å². The lowest BCUT2D eigenvalue weighted by atomic mass is 9.80. The molecule has 1 fully saturated rings. The normalized spacial score (nSPS) is 18.0. The highest BCUT2D eigenvalue weighted by atomic mass is 16.6. The molecule has 0 saturated carbocycles.